The van der Waals surface area contributed by atoms with Crippen LogP contribution in [-0.4, -0.2) is 31.9 Å². The van der Waals surface area contributed by atoms with Crippen LogP contribution in [0.3, 0.4) is 0 Å². The quantitative estimate of drug-likeness (QED) is 0.747. The van der Waals surface area contributed by atoms with E-state index in [1.54, 1.807) is 23.0 Å². The van der Waals surface area contributed by atoms with Crippen LogP contribution in [0, 0.1) is 5.82 Å². The summed E-state index contributed by atoms with van der Waals surface area (Å²) in [5.74, 6) is 1.14. The van der Waals surface area contributed by atoms with Crippen LogP contribution in [0.5, 0.6) is 0 Å². The Bertz CT molecular complexity index is 898. The molecule has 2 amide bonds. The third-order valence-corrected chi connectivity index (χ3v) is 3.97. The minimum absolute atomic E-state index is 0.158. The summed E-state index contributed by atoms with van der Waals surface area (Å²) >= 11 is 0. The SMILES string of the molecule is CC(C)n1nccc1NC(=O)NCCc1nc2ccc(F)cc2n1C. The molecule has 0 unspecified atom stereocenters. The number of nitrogens with zero attached hydrogens (tertiary/aromatic N) is 4. The van der Waals surface area contributed by atoms with Crippen LogP contribution in [0.2, 0.25) is 0 Å². The number of hydrogen-bond donors (Lipinski definition) is 2. The van der Waals surface area contributed by atoms with Crippen molar-refractivity contribution in [1.29, 1.82) is 0 Å². The van der Waals surface area contributed by atoms with Crippen molar-refractivity contribution >= 4 is 22.9 Å². The number of aryl methyl sites for hydroxylation is 1. The summed E-state index contributed by atoms with van der Waals surface area (Å²) in [7, 11) is 1.84. The molecule has 1 aromatic carbocycles. The van der Waals surface area contributed by atoms with Gasteiger partial charge in [-0.25, -0.2) is 18.9 Å². The van der Waals surface area contributed by atoms with E-state index in [0.717, 1.165) is 16.9 Å². The van der Waals surface area contributed by atoms with Crippen molar-refractivity contribution in [3.63, 3.8) is 0 Å². The van der Waals surface area contributed by atoms with E-state index in [9.17, 15) is 9.18 Å². The molecule has 2 heterocycles. The summed E-state index contributed by atoms with van der Waals surface area (Å²) in [4.78, 5) is 16.5. The van der Waals surface area contributed by atoms with E-state index in [4.69, 9.17) is 0 Å². The fraction of sp³-hybridized carbons (Fsp3) is 0.353. The Morgan fingerprint density at radius 1 is 1.32 bits per heavy atom. The van der Waals surface area contributed by atoms with Crippen LogP contribution in [0.4, 0.5) is 15.0 Å². The largest absolute Gasteiger partial charge is 0.337 e. The highest BCUT2D eigenvalue weighted by molar-refractivity contribution is 5.88. The van der Waals surface area contributed by atoms with Gasteiger partial charge < -0.3 is 9.88 Å². The lowest BCUT2D eigenvalue weighted by Crippen LogP contribution is -2.31. The Balaban J connectivity index is 1.58. The third-order valence-electron chi connectivity index (χ3n) is 3.97. The normalized spacial score (nSPS) is 11.2. The number of fused-ring (bicyclic) bond motifs is 1. The fourth-order valence-electron chi connectivity index (χ4n) is 2.71. The number of amides is 2. The Labute approximate surface area is 144 Å². The standard InChI is InChI=1S/C17H21FN6O/c1-11(2)24-16(7-9-20-24)22-17(25)19-8-6-15-21-13-5-4-12(18)10-14(13)23(15)3/h4-5,7,9-11H,6,8H2,1-3H3,(H2,19,22,25). The third kappa shape index (κ3) is 3.62. The zero-order chi connectivity index (χ0) is 18.0. The number of urea groups is 1. The molecule has 3 rings (SSSR count). The van der Waals surface area contributed by atoms with E-state index >= 15 is 0 Å². The second kappa shape index (κ2) is 6.92. The molecular weight excluding hydrogens is 323 g/mol. The molecule has 0 atom stereocenters. The Morgan fingerprint density at radius 3 is 2.88 bits per heavy atom. The first-order valence-electron chi connectivity index (χ1n) is 8.15. The molecule has 0 aliphatic heterocycles. The molecule has 2 aromatic heterocycles. The second-order valence-electron chi connectivity index (χ2n) is 6.11. The summed E-state index contributed by atoms with van der Waals surface area (Å²) in [5, 5.41) is 9.75. The minimum Gasteiger partial charge on any atom is -0.337 e. The smallest absolute Gasteiger partial charge is 0.320 e. The van der Waals surface area contributed by atoms with Gasteiger partial charge in [-0.2, -0.15) is 5.10 Å². The van der Waals surface area contributed by atoms with Crippen LogP contribution in [0.1, 0.15) is 25.7 Å². The molecular formula is C17H21FN6O. The average Bonchev–Trinajstić information content (AvgIpc) is 3.13. The molecule has 0 saturated heterocycles. The first-order valence-corrected chi connectivity index (χ1v) is 8.15. The van der Waals surface area contributed by atoms with Crippen molar-refractivity contribution in [2.75, 3.05) is 11.9 Å². The number of aromatic nitrogens is 4. The van der Waals surface area contributed by atoms with Gasteiger partial charge >= 0.3 is 6.03 Å². The van der Waals surface area contributed by atoms with E-state index in [1.807, 2.05) is 25.5 Å². The number of imidazole rings is 1. The molecule has 0 aliphatic carbocycles. The molecule has 132 valence electrons. The second-order valence-corrected chi connectivity index (χ2v) is 6.11. The van der Waals surface area contributed by atoms with Crippen molar-refractivity contribution < 1.29 is 9.18 Å². The lowest BCUT2D eigenvalue weighted by molar-refractivity contribution is 0.252. The number of halogens is 1. The average molecular weight is 344 g/mol. The Hall–Kier alpha value is -2.90. The maximum absolute atomic E-state index is 13.3. The van der Waals surface area contributed by atoms with Crippen LogP contribution in [0.25, 0.3) is 11.0 Å². The first-order chi connectivity index (χ1) is 12.0. The number of benzene rings is 1. The molecule has 7 nitrogen and oxygen atoms in total. The van der Waals surface area contributed by atoms with Crippen LogP contribution in [0.15, 0.2) is 30.5 Å². The van der Waals surface area contributed by atoms with E-state index in [0.29, 0.717) is 18.8 Å². The van der Waals surface area contributed by atoms with Crippen LogP contribution >= 0.6 is 0 Å². The molecule has 8 heteroatoms. The van der Waals surface area contributed by atoms with Crippen molar-refractivity contribution in [2.45, 2.75) is 26.3 Å². The highest BCUT2D eigenvalue weighted by atomic mass is 19.1. The van der Waals surface area contributed by atoms with E-state index in [2.05, 4.69) is 20.7 Å². The Morgan fingerprint density at radius 2 is 2.12 bits per heavy atom. The number of anilines is 1. The lowest BCUT2D eigenvalue weighted by Gasteiger charge is -2.12. The van der Waals surface area contributed by atoms with Gasteiger partial charge in [-0.05, 0) is 32.0 Å². The van der Waals surface area contributed by atoms with Gasteiger partial charge in [-0.1, -0.05) is 0 Å². The number of rotatable bonds is 5. The van der Waals surface area contributed by atoms with E-state index in [1.165, 1.54) is 12.1 Å². The molecule has 0 spiro atoms. The summed E-state index contributed by atoms with van der Waals surface area (Å²) in [5.41, 5.74) is 1.48. The molecule has 0 bridgehead atoms. The van der Waals surface area contributed by atoms with E-state index < -0.39 is 0 Å². The van der Waals surface area contributed by atoms with Crippen molar-refractivity contribution in [2.24, 2.45) is 7.05 Å². The number of nitrogens with one attached hydrogen (secondary N) is 2. The van der Waals surface area contributed by atoms with Gasteiger partial charge in [-0.15, -0.1) is 0 Å². The maximum atomic E-state index is 13.3. The fourth-order valence-corrected chi connectivity index (χ4v) is 2.71. The molecule has 2 N–H and O–H groups in total. The van der Waals surface area contributed by atoms with Gasteiger partial charge in [0, 0.05) is 32.1 Å². The predicted molar refractivity (Wildman–Crippen MR) is 94.0 cm³/mol. The molecule has 25 heavy (non-hydrogen) atoms. The zero-order valence-corrected chi connectivity index (χ0v) is 14.5. The van der Waals surface area contributed by atoms with Gasteiger partial charge in [0.2, 0.25) is 0 Å². The zero-order valence-electron chi connectivity index (χ0n) is 14.5. The van der Waals surface area contributed by atoms with Gasteiger partial charge in [0.1, 0.15) is 17.5 Å². The first kappa shape index (κ1) is 16.9. The molecule has 0 radical (unpaired) electrons. The van der Waals surface area contributed by atoms with Gasteiger partial charge in [0.25, 0.3) is 0 Å². The monoisotopic (exact) mass is 344 g/mol. The lowest BCUT2D eigenvalue weighted by atomic mass is 10.3. The van der Waals surface area contributed by atoms with Crippen molar-refractivity contribution in [1.82, 2.24) is 24.6 Å². The van der Waals surface area contributed by atoms with E-state index in [-0.39, 0.29) is 17.9 Å². The highest BCUT2D eigenvalue weighted by Gasteiger charge is 2.11. The summed E-state index contributed by atoms with van der Waals surface area (Å²) < 4.78 is 16.9. The summed E-state index contributed by atoms with van der Waals surface area (Å²) in [6.45, 7) is 4.40. The molecule has 3 aromatic rings. The van der Waals surface area contributed by atoms with Crippen molar-refractivity contribution in [3.8, 4) is 0 Å². The molecule has 0 saturated carbocycles. The molecule has 0 aliphatic rings. The van der Waals surface area contributed by atoms with Gasteiger partial charge in [0.15, 0.2) is 0 Å². The maximum Gasteiger partial charge on any atom is 0.320 e. The number of carbonyl (C=O) groups is 1. The van der Waals surface area contributed by atoms with Crippen molar-refractivity contribution in [3.05, 3.63) is 42.1 Å². The number of carbonyl (C=O) groups excluding carboxylic acids is 1. The topological polar surface area (TPSA) is 76.8 Å². The number of hydrogen-bond acceptors (Lipinski definition) is 3. The van der Waals surface area contributed by atoms with Crippen LogP contribution < -0.4 is 10.6 Å². The van der Waals surface area contributed by atoms with Gasteiger partial charge in [0.05, 0.1) is 17.2 Å². The summed E-state index contributed by atoms with van der Waals surface area (Å²) in [6, 6.07) is 6.11. The summed E-state index contributed by atoms with van der Waals surface area (Å²) in [6.07, 6.45) is 2.19. The van der Waals surface area contributed by atoms with Gasteiger partial charge in [-0.3, -0.25) is 5.32 Å². The highest BCUT2D eigenvalue weighted by Crippen LogP contribution is 2.16. The minimum atomic E-state index is -0.299. The van der Waals surface area contributed by atoms with Crippen LogP contribution in [-0.2, 0) is 13.5 Å². The molecule has 0 fully saturated rings. The Kier molecular flexibility index (Phi) is 4.69. The predicted octanol–water partition coefficient (Wildman–Crippen LogP) is 2.85.